The zero-order valence-electron chi connectivity index (χ0n) is 13.9. The fraction of sp³-hybridized carbons (Fsp3) is 0.444. The van der Waals surface area contributed by atoms with E-state index in [0.29, 0.717) is 31.1 Å². The Labute approximate surface area is 146 Å². The summed E-state index contributed by atoms with van der Waals surface area (Å²) in [6, 6.07) is 5.50. The third kappa shape index (κ3) is 4.24. The molecule has 0 spiro atoms. The number of hydrogen-bond donors (Lipinski definition) is 0. The maximum Gasteiger partial charge on any atom is 0.289 e. The third-order valence-electron chi connectivity index (χ3n) is 3.49. The molecule has 1 fully saturated rings. The highest BCUT2D eigenvalue weighted by Crippen LogP contribution is 2.33. The largest absolute Gasteiger partial charge is 0.490 e. The van der Waals surface area contributed by atoms with Crippen LogP contribution < -0.4 is 9.47 Å². The van der Waals surface area contributed by atoms with Gasteiger partial charge in [0.25, 0.3) is 5.24 Å². The first-order valence-electron chi connectivity index (χ1n) is 7.94. The van der Waals surface area contributed by atoms with E-state index in [1.165, 1.54) is 4.90 Å². The molecule has 1 aliphatic rings. The molecule has 0 saturated carbocycles. The SMILES string of the molecule is C#CCOc1ccc(C[C@@H]2SC(=O)N(CCC)C2=O)cc1OCC. The molecule has 1 saturated heterocycles. The number of rotatable bonds is 8. The van der Waals surface area contributed by atoms with Crippen molar-refractivity contribution in [3.05, 3.63) is 23.8 Å². The van der Waals surface area contributed by atoms with Crippen molar-refractivity contribution in [3.8, 4) is 23.8 Å². The fourth-order valence-electron chi connectivity index (χ4n) is 2.45. The van der Waals surface area contributed by atoms with E-state index in [1.807, 2.05) is 26.0 Å². The quantitative estimate of drug-likeness (QED) is 0.676. The Morgan fingerprint density at radius 1 is 1.25 bits per heavy atom. The molecule has 0 bridgehead atoms. The maximum absolute atomic E-state index is 12.3. The summed E-state index contributed by atoms with van der Waals surface area (Å²) in [4.78, 5) is 25.6. The van der Waals surface area contributed by atoms with Crippen molar-refractivity contribution in [2.24, 2.45) is 0 Å². The van der Waals surface area contributed by atoms with Gasteiger partial charge >= 0.3 is 0 Å². The molecule has 0 aromatic heterocycles. The topological polar surface area (TPSA) is 55.8 Å². The molecule has 5 nitrogen and oxygen atoms in total. The minimum Gasteiger partial charge on any atom is -0.490 e. The van der Waals surface area contributed by atoms with Crippen LogP contribution in [0, 0.1) is 12.3 Å². The van der Waals surface area contributed by atoms with Gasteiger partial charge in [0, 0.05) is 6.54 Å². The molecule has 1 heterocycles. The van der Waals surface area contributed by atoms with E-state index in [-0.39, 0.29) is 23.0 Å². The van der Waals surface area contributed by atoms with Gasteiger partial charge in [-0.15, -0.1) is 6.42 Å². The van der Waals surface area contributed by atoms with Gasteiger partial charge in [0.05, 0.1) is 11.9 Å². The Morgan fingerprint density at radius 2 is 2.04 bits per heavy atom. The Morgan fingerprint density at radius 3 is 2.71 bits per heavy atom. The number of ether oxygens (including phenoxy) is 2. The molecule has 0 aliphatic carbocycles. The monoisotopic (exact) mass is 347 g/mol. The summed E-state index contributed by atoms with van der Waals surface area (Å²) in [6.45, 7) is 4.97. The Hall–Kier alpha value is -2.13. The van der Waals surface area contributed by atoms with E-state index < -0.39 is 0 Å². The first-order chi connectivity index (χ1) is 11.6. The number of terminal acetylenes is 1. The van der Waals surface area contributed by atoms with Gasteiger partial charge in [-0.05, 0) is 37.5 Å². The van der Waals surface area contributed by atoms with Gasteiger partial charge in [0.15, 0.2) is 11.5 Å². The zero-order valence-corrected chi connectivity index (χ0v) is 14.7. The molecule has 2 amide bonds. The van der Waals surface area contributed by atoms with Gasteiger partial charge in [-0.3, -0.25) is 14.5 Å². The third-order valence-corrected chi connectivity index (χ3v) is 4.57. The van der Waals surface area contributed by atoms with Crippen molar-refractivity contribution in [2.45, 2.75) is 31.9 Å². The lowest BCUT2D eigenvalue weighted by atomic mass is 10.1. The smallest absolute Gasteiger partial charge is 0.289 e. The molecule has 24 heavy (non-hydrogen) atoms. The molecule has 2 rings (SSSR count). The van der Waals surface area contributed by atoms with Crippen LogP contribution in [0.2, 0.25) is 0 Å². The number of thioether (sulfide) groups is 1. The Kier molecular flexibility index (Phi) is 6.56. The van der Waals surface area contributed by atoms with Crippen LogP contribution in [0.1, 0.15) is 25.8 Å². The molecule has 0 unspecified atom stereocenters. The molecule has 1 aromatic carbocycles. The number of imide groups is 1. The number of amides is 2. The molecular formula is C18H21NO4S. The van der Waals surface area contributed by atoms with E-state index in [4.69, 9.17) is 15.9 Å². The van der Waals surface area contributed by atoms with Crippen LogP contribution in [-0.4, -0.2) is 41.1 Å². The molecule has 1 atom stereocenters. The average molecular weight is 347 g/mol. The molecule has 1 aliphatic heterocycles. The first-order valence-corrected chi connectivity index (χ1v) is 8.82. The summed E-state index contributed by atoms with van der Waals surface area (Å²) in [5.41, 5.74) is 0.920. The maximum atomic E-state index is 12.3. The number of benzene rings is 1. The molecular weight excluding hydrogens is 326 g/mol. The van der Waals surface area contributed by atoms with E-state index in [1.54, 1.807) is 6.07 Å². The highest BCUT2D eigenvalue weighted by atomic mass is 32.2. The van der Waals surface area contributed by atoms with E-state index in [0.717, 1.165) is 23.7 Å². The van der Waals surface area contributed by atoms with Gasteiger partial charge in [0.2, 0.25) is 5.91 Å². The highest BCUT2D eigenvalue weighted by molar-refractivity contribution is 8.15. The van der Waals surface area contributed by atoms with Gasteiger partial charge in [-0.2, -0.15) is 0 Å². The van der Waals surface area contributed by atoms with Crippen LogP contribution in [0.4, 0.5) is 4.79 Å². The summed E-state index contributed by atoms with van der Waals surface area (Å²) in [5, 5.41) is -0.540. The predicted molar refractivity (Wildman–Crippen MR) is 94.4 cm³/mol. The molecule has 6 heteroatoms. The second-order valence-corrected chi connectivity index (χ2v) is 6.43. The summed E-state index contributed by atoms with van der Waals surface area (Å²) >= 11 is 1.09. The second kappa shape index (κ2) is 8.65. The van der Waals surface area contributed by atoms with Crippen molar-refractivity contribution in [1.29, 1.82) is 0 Å². The normalized spacial score (nSPS) is 17.0. The lowest BCUT2D eigenvalue weighted by Crippen LogP contribution is -2.32. The van der Waals surface area contributed by atoms with Gasteiger partial charge < -0.3 is 9.47 Å². The number of carbonyl (C=O) groups excluding carboxylic acids is 2. The van der Waals surface area contributed by atoms with Crippen LogP contribution in [0.25, 0.3) is 0 Å². The van der Waals surface area contributed by atoms with Gasteiger partial charge in [-0.1, -0.05) is 30.7 Å². The molecule has 0 radical (unpaired) electrons. The highest BCUT2D eigenvalue weighted by Gasteiger charge is 2.38. The number of nitrogens with zero attached hydrogens (tertiary/aromatic N) is 1. The van der Waals surface area contributed by atoms with Crippen LogP contribution in [-0.2, 0) is 11.2 Å². The summed E-state index contributed by atoms with van der Waals surface area (Å²) in [6.07, 6.45) is 6.45. The minimum atomic E-state index is -0.379. The predicted octanol–water partition coefficient (Wildman–Crippen LogP) is 3.11. The summed E-state index contributed by atoms with van der Waals surface area (Å²) in [7, 11) is 0. The molecule has 0 N–H and O–H groups in total. The standard InChI is InChI=1S/C18H21NO4S/c1-4-9-19-17(20)16(24-18(19)21)12-13-7-8-14(23-10-5-2)15(11-13)22-6-3/h2,7-8,11,16H,4,6,9-10,12H2,1,3H3/t16-/m0/s1. The van der Waals surface area contributed by atoms with Gasteiger partial charge in [0.1, 0.15) is 6.61 Å². The number of hydrogen-bond acceptors (Lipinski definition) is 5. The van der Waals surface area contributed by atoms with E-state index in [2.05, 4.69) is 5.92 Å². The van der Waals surface area contributed by atoms with Gasteiger partial charge in [-0.25, -0.2) is 0 Å². The molecule has 128 valence electrons. The lowest BCUT2D eigenvalue weighted by molar-refractivity contribution is -0.126. The van der Waals surface area contributed by atoms with Crippen molar-refractivity contribution < 1.29 is 19.1 Å². The fourth-order valence-corrected chi connectivity index (χ4v) is 3.51. The second-order valence-electron chi connectivity index (χ2n) is 5.27. The summed E-state index contributed by atoms with van der Waals surface area (Å²) < 4.78 is 11.0. The van der Waals surface area contributed by atoms with Crippen molar-refractivity contribution in [1.82, 2.24) is 4.90 Å². The lowest BCUT2D eigenvalue weighted by Gasteiger charge is -2.14. The van der Waals surface area contributed by atoms with Crippen LogP contribution in [0.15, 0.2) is 18.2 Å². The zero-order chi connectivity index (χ0) is 17.5. The van der Waals surface area contributed by atoms with Crippen molar-refractivity contribution in [3.63, 3.8) is 0 Å². The van der Waals surface area contributed by atoms with E-state index >= 15 is 0 Å². The molecule has 1 aromatic rings. The Bertz CT molecular complexity index is 653. The van der Waals surface area contributed by atoms with E-state index in [9.17, 15) is 9.59 Å². The average Bonchev–Trinajstić information content (AvgIpc) is 2.82. The van der Waals surface area contributed by atoms with Crippen LogP contribution in [0.3, 0.4) is 0 Å². The van der Waals surface area contributed by atoms with Crippen molar-refractivity contribution >= 4 is 22.9 Å². The first kappa shape index (κ1) is 18.2. The van der Waals surface area contributed by atoms with Crippen LogP contribution >= 0.6 is 11.8 Å². The Balaban J connectivity index is 2.12. The minimum absolute atomic E-state index is 0.113. The number of carbonyl (C=O) groups is 2. The summed E-state index contributed by atoms with van der Waals surface area (Å²) in [5.74, 6) is 3.48. The van der Waals surface area contributed by atoms with Crippen molar-refractivity contribution in [2.75, 3.05) is 19.8 Å². The van der Waals surface area contributed by atoms with Crippen LogP contribution in [0.5, 0.6) is 11.5 Å².